The molecule has 0 aliphatic carbocycles. The number of halogens is 16. The van der Waals surface area contributed by atoms with E-state index in [1.165, 1.54) is 18.8 Å². The van der Waals surface area contributed by atoms with Crippen LogP contribution in [-0.2, 0) is 17.1 Å². The summed E-state index contributed by atoms with van der Waals surface area (Å²) >= 11 is 0. The van der Waals surface area contributed by atoms with Gasteiger partial charge in [-0.15, -0.1) is 0 Å². The molecule has 0 bridgehead atoms. The monoisotopic (exact) mass is 816 g/mol. The highest BCUT2D eigenvalue weighted by Gasteiger charge is 2.91. The van der Waals surface area contributed by atoms with Crippen molar-refractivity contribution in [3.8, 4) is 28.3 Å². The zero-order valence-corrected chi connectivity index (χ0v) is 28.5. The topological polar surface area (TPSA) is 44.2 Å². The Labute approximate surface area is 303 Å². The Kier molecular flexibility index (Phi) is 12.7. The van der Waals surface area contributed by atoms with Crippen LogP contribution in [0.1, 0.15) is 63.0 Å². The van der Waals surface area contributed by atoms with Crippen molar-refractivity contribution in [3.05, 3.63) is 65.7 Å². The molecule has 0 fully saturated rings. The average molecular weight is 817 g/mol. The molecule has 1 unspecified atom stereocenters. The first-order valence-electron chi connectivity index (χ1n) is 16.7. The fraction of sp³-hybridized carbons (Fsp3) is 0.543. The predicted molar refractivity (Wildman–Crippen MR) is 164 cm³/mol. The van der Waals surface area contributed by atoms with Crippen LogP contribution in [0.5, 0.6) is 5.75 Å². The molecular formula is C35H32F16N2O2. The van der Waals surface area contributed by atoms with Gasteiger partial charge in [0.25, 0.3) is 0 Å². The van der Waals surface area contributed by atoms with Gasteiger partial charge in [0, 0.05) is 31.2 Å². The normalized spacial score (nSPS) is 16.6. The van der Waals surface area contributed by atoms with Crippen LogP contribution in [0.4, 0.5) is 70.2 Å². The first kappa shape index (κ1) is 43.9. The van der Waals surface area contributed by atoms with E-state index in [9.17, 15) is 57.1 Å². The summed E-state index contributed by atoms with van der Waals surface area (Å²) in [6.07, 6.45) is -5.42. The van der Waals surface area contributed by atoms with E-state index in [4.69, 9.17) is 4.74 Å². The fourth-order valence-corrected chi connectivity index (χ4v) is 5.61. The van der Waals surface area contributed by atoms with E-state index in [0.717, 1.165) is 50.7 Å². The molecule has 0 saturated carbocycles. The molecule has 0 amide bonds. The second-order valence-corrected chi connectivity index (χ2v) is 12.9. The van der Waals surface area contributed by atoms with E-state index in [1.54, 1.807) is 12.1 Å². The molecule has 0 spiro atoms. The highest BCUT2D eigenvalue weighted by Crippen LogP contribution is 2.62. The van der Waals surface area contributed by atoms with Crippen molar-refractivity contribution in [2.24, 2.45) is 0 Å². The van der Waals surface area contributed by atoms with Crippen LogP contribution in [0.3, 0.4) is 0 Å². The Hall–Kier alpha value is -3.84. The Morgan fingerprint density at radius 3 is 1.80 bits per heavy atom. The Morgan fingerprint density at radius 1 is 0.673 bits per heavy atom. The van der Waals surface area contributed by atoms with E-state index in [-0.39, 0.29) is 0 Å². The molecule has 4 rings (SSSR count). The van der Waals surface area contributed by atoms with Crippen molar-refractivity contribution in [2.45, 2.75) is 106 Å². The van der Waals surface area contributed by atoms with Gasteiger partial charge in [-0.25, -0.2) is 14.4 Å². The van der Waals surface area contributed by atoms with Gasteiger partial charge in [0.05, 0.1) is 12.0 Å². The molecule has 0 saturated heterocycles. The molecule has 1 atom stereocenters. The number of nitrogens with zero attached hydrogens (tertiary/aromatic N) is 2. The number of benzene rings is 2. The zero-order valence-electron chi connectivity index (χ0n) is 28.5. The van der Waals surface area contributed by atoms with E-state index in [2.05, 4.69) is 21.6 Å². The summed E-state index contributed by atoms with van der Waals surface area (Å²) in [4.78, 5) is 7.83. The van der Waals surface area contributed by atoms with Gasteiger partial charge in [-0.05, 0) is 48.9 Å². The Bertz CT molecular complexity index is 1750. The van der Waals surface area contributed by atoms with Gasteiger partial charge >= 0.3 is 41.7 Å². The quantitative estimate of drug-likeness (QED) is 0.0948. The molecule has 20 heteroatoms. The highest BCUT2D eigenvalue weighted by atomic mass is 19.4. The fourth-order valence-electron chi connectivity index (χ4n) is 5.61. The van der Waals surface area contributed by atoms with Crippen LogP contribution in [0, 0.1) is 5.82 Å². The van der Waals surface area contributed by atoms with Gasteiger partial charge in [-0.3, -0.25) is 0 Å². The van der Waals surface area contributed by atoms with Crippen LogP contribution in [-0.4, -0.2) is 65.1 Å². The summed E-state index contributed by atoms with van der Waals surface area (Å²) in [5.74, 6) is -48.0. The van der Waals surface area contributed by atoms with Crippen LogP contribution >= 0.6 is 0 Å². The molecule has 4 nitrogen and oxygen atoms in total. The third-order valence-corrected chi connectivity index (χ3v) is 8.88. The maximum absolute atomic E-state index is 15.5. The Balaban J connectivity index is 1.45. The van der Waals surface area contributed by atoms with Gasteiger partial charge in [0.1, 0.15) is 17.1 Å². The van der Waals surface area contributed by atoms with Crippen LogP contribution < -0.4 is 4.74 Å². The summed E-state index contributed by atoms with van der Waals surface area (Å²) in [6, 6.07) is 8.39. The number of unbranched alkanes of at least 4 members (excludes halogenated alkanes) is 4. The number of alkyl halides is 15. The number of ether oxygens (including phenoxy) is 2. The minimum atomic E-state index is -8.21. The van der Waals surface area contributed by atoms with Gasteiger partial charge in [-0.1, -0.05) is 50.5 Å². The molecule has 0 radical (unpaired) electrons. The number of hydrogen-bond donors (Lipinski definition) is 0. The van der Waals surface area contributed by atoms with Gasteiger partial charge < -0.3 is 9.47 Å². The van der Waals surface area contributed by atoms with Crippen molar-refractivity contribution in [1.82, 2.24) is 9.97 Å². The standard InChI is InChI=1S/C35H32F16N2O2/c1-2-3-4-6-15-54-16-7-5-8-20-9-11-21(12-10-20)22-18-52-28(53-19-22)23-13-14-24-26(27(23)36)30(39,40)25(55-24)17-29(37,38)31(41,42)32(43,44)33(45,46)34(47,48)35(49,50)51/h9-14,18-19,25H,2-8,15-17H2,1H3. The summed E-state index contributed by atoms with van der Waals surface area (Å²) in [5, 5.41) is 0. The van der Waals surface area contributed by atoms with Gasteiger partial charge in [-0.2, -0.15) is 65.9 Å². The Morgan fingerprint density at radius 2 is 1.24 bits per heavy atom. The van der Waals surface area contributed by atoms with Crippen molar-refractivity contribution in [1.29, 1.82) is 0 Å². The number of aryl methyl sites for hydroxylation is 1. The molecule has 2 heterocycles. The summed E-state index contributed by atoms with van der Waals surface area (Å²) in [6.45, 7) is 3.49. The number of fused-ring (bicyclic) bond motifs is 1. The van der Waals surface area contributed by atoms with Crippen molar-refractivity contribution in [3.63, 3.8) is 0 Å². The first-order chi connectivity index (χ1) is 25.3. The smallest absolute Gasteiger partial charge is 0.460 e. The lowest BCUT2D eigenvalue weighted by molar-refractivity contribution is -0.441. The molecule has 3 aromatic rings. The minimum absolute atomic E-state index is 0.389. The van der Waals surface area contributed by atoms with Crippen molar-refractivity contribution >= 4 is 0 Å². The first-order valence-corrected chi connectivity index (χ1v) is 16.7. The molecule has 55 heavy (non-hydrogen) atoms. The summed E-state index contributed by atoms with van der Waals surface area (Å²) in [7, 11) is 0. The molecule has 0 N–H and O–H groups in total. The van der Waals surface area contributed by atoms with E-state index < -0.39 is 82.8 Å². The zero-order chi connectivity index (χ0) is 41.3. The third kappa shape index (κ3) is 8.33. The predicted octanol–water partition coefficient (Wildman–Crippen LogP) is 11.9. The molecule has 1 aliphatic heterocycles. The van der Waals surface area contributed by atoms with Crippen LogP contribution in [0.15, 0.2) is 48.8 Å². The summed E-state index contributed by atoms with van der Waals surface area (Å²) in [5.41, 5.74) is -0.697. The maximum atomic E-state index is 15.5. The van der Waals surface area contributed by atoms with E-state index in [0.29, 0.717) is 29.9 Å². The van der Waals surface area contributed by atoms with Crippen LogP contribution in [0.2, 0.25) is 0 Å². The second kappa shape index (κ2) is 16.0. The van der Waals surface area contributed by atoms with Crippen LogP contribution in [0.25, 0.3) is 22.5 Å². The lowest BCUT2D eigenvalue weighted by Crippen LogP contribution is -2.70. The molecule has 1 aromatic heterocycles. The maximum Gasteiger partial charge on any atom is 0.460 e. The number of aromatic nitrogens is 2. The second-order valence-electron chi connectivity index (χ2n) is 12.9. The van der Waals surface area contributed by atoms with Gasteiger partial charge in [0.2, 0.25) is 0 Å². The average Bonchev–Trinajstić information content (AvgIpc) is 3.35. The van der Waals surface area contributed by atoms with E-state index >= 15 is 13.2 Å². The minimum Gasteiger partial charge on any atom is -0.483 e. The van der Waals surface area contributed by atoms with Gasteiger partial charge in [0.15, 0.2) is 11.9 Å². The molecular weight excluding hydrogens is 784 g/mol. The molecule has 1 aliphatic rings. The lowest BCUT2D eigenvalue weighted by Gasteiger charge is -2.40. The summed E-state index contributed by atoms with van der Waals surface area (Å²) < 4.78 is 232. The van der Waals surface area contributed by atoms with Crippen molar-refractivity contribution in [2.75, 3.05) is 13.2 Å². The van der Waals surface area contributed by atoms with Crippen molar-refractivity contribution < 1.29 is 79.7 Å². The third-order valence-electron chi connectivity index (χ3n) is 8.88. The van der Waals surface area contributed by atoms with E-state index in [1.807, 2.05) is 12.1 Å². The number of rotatable bonds is 18. The lowest BCUT2D eigenvalue weighted by atomic mass is 9.89. The SMILES string of the molecule is CCCCCCOCCCCc1ccc(-c2cnc(-c3ccc4c(c3F)C(F)(F)C(CC(F)(F)C(F)(F)C(F)(F)C(F)(F)C(F)(F)C(F)(F)F)O4)nc2)cc1. The largest absolute Gasteiger partial charge is 0.483 e. The molecule has 2 aromatic carbocycles. The highest BCUT2D eigenvalue weighted by molar-refractivity contribution is 5.66. The molecule has 306 valence electrons. The number of hydrogen-bond acceptors (Lipinski definition) is 4.